The molecule has 1 aromatic heterocycles. The molecule has 0 radical (unpaired) electrons. The number of fused-ring (bicyclic) bond motifs is 21. The third kappa shape index (κ3) is 4.66. The fourth-order valence-electron chi connectivity index (χ4n) is 12.7. The molecule has 10 aromatic carbocycles. The van der Waals surface area contributed by atoms with Crippen molar-refractivity contribution in [3.63, 3.8) is 0 Å². The number of furan rings is 1. The van der Waals surface area contributed by atoms with Gasteiger partial charge in [0.2, 0.25) is 0 Å². The van der Waals surface area contributed by atoms with E-state index >= 15 is 0 Å². The maximum absolute atomic E-state index is 7.23. The lowest BCUT2D eigenvalue weighted by Crippen LogP contribution is -2.43. The van der Waals surface area contributed by atoms with E-state index in [0.717, 1.165) is 60.8 Å². The van der Waals surface area contributed by atoms with Crippen LogP contribution in [0.5, 0.6) is 0 Å². The number of hydrogen-bond donors (Lipinski definition) is 1. The highest BCUT2D eigenvalue weighted by molar-refractivity contribution is 6.18. The standard InChI is InChI=1S/C63H39N3O/c1-2-19-39(20-3-1)59-64-60(45-26-16-21-38-18-4-5-22-40(38)45)66-61(65-59)47-27-17-34-54-56(47)46-37-36-44-43-25-8-15-35-55(43)67-58(44)57(46)63(54)52-32-13-11-30-50(52)62(51-31-12-14-33-53(51)63)48-28-9-6-23-41(48)42-24-7-10-29-49(42)62/h1-37,61H,(H,64,65,66). The molecule has 2 spiro atoms. The highest BCUT2D eigenvalue weighted by atomic mass is 16.3. The van der Waals surface area contributed by atoms with Gasteiger partial charge in [-0.15, -0.1) is 0 Å². The lowest BCUT2D eigenvalue weighted by atomic mass is 9.52. The molecule has 1 N–H and O–H groups in total. The highest BCUT2D eigenvalue weighted by Crippen LogP contribution is 2.68. The topological polar surface area (TPSA) is 49.9 Å². The fraction of sp³-hybridized carbons (Fsp3) is 0.0476. The Kier molecular flexibility index (Phi) is 7.38. The van der Waals surface area contributed by atoms with Crippen molar-refractivity contribution in [1.82, 2.24) is 5.32 Å². The number of hydrogen-bond acceptors (Lipinski definition) is 4. The van der Waals surface area contributed by atoms with E-state index in [0.29, 0.717) is 5.84 Å². The summed E-state index contributed by atoms with van der Waals surface area (Å²) in [6.07, 6.45) is -0.472. The number of rotatable bonds is 3. The smallest absolute Gasteiger partial charge is 0.159 e. The van der Waals surface area contributed by atoms with Crippen molar-refractivity contribution in [3.8, 4) is 22.3 Å². The van der Waals surface area contributed by atoms with E-state index in [1.54, 1.807) is 0 Å². The van der Waals surface area contributed by atoms with Crippen molar-refractivity contribution in [2.75, 3.05) is 0 Å². The van der Waals surface area contributed by atoms with Gasteiger partial charge < -0.3 is 9.73 Å². The van der Waals surface area contributed by atoms with Gasteiger partial charge in [0, 0.05) is 33.0 Å². The molecule has 4 nitrogen and oxygen atoms in total. The summed E-state index contributed by atoms with van der Waals surface area (Å²) < 4.78 is 7.23. The molecule has 0 fully saturated rings. The molecule has 67 heavy (non-hydrogen) atoms. The minimum atomic E-state index is -0.772. The zero-order valence-electron chi connectivity index (χ0n) is 36.2. The van der Waals surface area contributed by atoms with Crippen LogP contribution in [0, 0.1) is 0 Å². The van der Waals surface area contributed by atoms with Gasteiger partial charge in [0.05, 0.1) is 10.8 Å². The minimum Gasteiger partial charge on any atom is -0.456 e. The first-order valence-electron chi connectivity index (χ1n) is 23.2. The van der Waals surface area contributed by atoms with Gasteiger partial charge in [-0.2, -0.15) is 0 Å². The Morgan fingerprint density at radius 2 is 0.955 bits per heavy atom. The molecule has 3 aliphatic carbocycles. The van der Waals surface area contributed by atoms with Crippen LogP contribution in [0.1, 0.15) is 67.4 Å². The van der Waals surface area contributed by atoms with Crippen LogP contribution in [0.25, 0.3) is 55.0 Å². The van der Waals surface area contributed by atoms with Crippen LogP contribution >= 0.6 is 0 Å². The molecule has 0 saturated carbocycles. The van der Waals surface area contributed by atoms with Crippen molar-refractivity contribution in [1.29, 1.82) is 0 Å². The second-order valence-corrected chi connectivity index (χ2v) is 18.3. The van der Waals surface area contributed by atoms with Crippen LogP contribution in [-0.2, 0) is 10.8 Å². The third-order valence-electron chi connectivity index (χ3n) is 15.2. The summed E-state index contributed by atoms with van der Waals surface area (Å²) in [5, 5.41) is 8.45. The van der Waals surface area contributed by atoms with Crippen LogP contribution in [0.4, 0.5) is 0 Å². The Balaban J connectivity index is 1.06. The van der Waals surface area contributed by atoms with Crippen molar-refractivity contribution < 1.29 is 4.42 Å². The SMILES string of the molecule is c1ccc(C2=NC(c3cccc4c3-c3ccc5c(oc6ccccc65)c3C43c4ccccc4C4(c5ccccc5-c5ccccc54)c4ccccc43)NC(c3cccc4ccccc34)=N2)cc1. The van der Waals surface area contributed by atoms with Gasteiger partial charge in [0.25, 0.3) is 0 Å². The maximum atomic E-state index is 7.23. The molecule has 1 atom stereocenters. The molecule has 0 saturated heterocycles. The van der Waals surface area contributed by atoms with Crippen molar-refractivity contribution >= 4 is 44.4 Å². The average molecular weight is 854 g/mol. The van der Waals surface area contributed by atoms with E-state index < -0.39 is 17.0 Å². The molecule has 312 valence electrons. The molecule has 11 aromatic rings. The number of para-hydroxylation sites is 1. The molecule has 4 aliphatic rings. The number of aliphatic imine (C=N–C) groups is 2. The maximum Gasteiger partial charge on any atom is 0.159 e. The summed E-state index contributed by atoms with van der Waals surface area (Å²) in [4.78, 5) is 10.9. The summed E-state index contributed by atoms with van der Waals surface area (Å²) in [6, 6.07) is 82.1. The molecular formula is C63H39N3O. The van der Waals surface area contributed by atoms with Gasteiger partial charge in [-0.1, -0.05) is 212 Å². The van der Waals surface area contributed by atoms with Gasteiger partial charge in [-0.3, -0.25) is 0 Å². The summed E-state index contributed by atoms with van der Waals surface area (Å²) >= 11 is 0. The molecule has 4 heteroatoms. The number of amidine groups is 2. The van der Waals surface area contributed by atoms with Crippen molar-refractivity contribution in [3.05, 3.63) is 286 Å². The molecule has 1 aliphatic heterocycles. The first-order valence-corrected chi connectivity index (χ1v) is 23.2. The average Bonchev–Trinajstić information content (AvgIpc) is 4.03. The predicted molar refractivity (Wildman–Crippen MR) is 271 cm³/mol. The molecule has 15 rings (SSSR count). The van der Waals surface area contributed by atoms with Crippen LogP contribution in [0.3, 0.4) is 0 Å². The normalized spacial score (nSPS) is 16.4. The van der Waals surface area contributed by atoms with Gasteiger partial charge in [0.15, 0.2) is 5.84 Å². The van der Waals surface area contributed by atoms with E-state index in [4.69, 9.17) is 14.4 Å². The van der Waals surface area contributed by atoms with Crippen LogP contribution in [-0.4, -0.2) is 11.7 Å². The van der Waals surface area contributed by atoms with Crippen LogP contribution in [0.2, 0.25) is 0 Å². The minimum absolute atomic E-state index is 0.472. The highest BCUT2D eigenvalue weighted by Gasteiger charge is 2.60. The second-order valence-electron chi connectivity index (χ2n) is 18.3. The molecule has 0 amide bonds. The monoisotopic (exact) mass is 853 g/mol. The van der Waals surface area contributed by atoms with E-state index in [9.17, 15) is 0 Å². The molecule has 2 heterocycles. The van der Waals surface area contributed by atoms with Gasteiger partial charge in [-0.05, 0) is 84.1 Å². The summed E-state index contributed by atoms with van der Waals surface area (Å²) in [7, 11) is 0. The van der Waals surface area contributed by atoms with Gasteiger partial charge >= 0.3 is 0 Å². The molecule has 1 unspecified atom stereocenters. The Morgan fingerprint density at radius 1 is 0.403 bits per heavy atom. The van der Waals surface area contributed by atoms with Gasteiger partial charge in [0.1, 0.15) is 23.2 Å². The Morgan fingerprint density at radius 3 is 1.69 bits per heavy atom. The zero-order valence-corrected chi connectivity index (χ0v) is 36.2. The summed E-state index contributed by atoms with van der Waals surface area (Å²) in [5.41, 5.74) is 18.5. The first kappa shape index (κ1) is 36.7. The Labute approximate surface area is 387 Å². The van der Waals surface area contributed by atoms with Gasteiger partial charge in [-0.25, -0.2) is 9.98 Å². The Hall–Kier alpha value is -8.60. The lowest BCUT2D eigenvalue weighted by molar-refractivity contribution is 0.614. The second kappa shape index (κ2) is 13.5. The van der Waals surface area contributed by atoms with E-state index in [1.807, 2.05) is 6.07 Å². The summed E-state index contributed by atoms with van der Waals surface area (Å²) in [5.74, 6) is 1.49. The van der Waals surface area contributed by atoms with E-state index in [1.165, 1.54) is 61.2 Å². The quantitative estimate of drug-likeness (QED) is 0.192. The van der Waals surface area contributed by atoms with E-state index in [2.05, 4.69) is 224 Å². The Bertz CT molecular complexity index is 3890. The lowest BCUT2D eigenvalue weighted by Gasteiger charge is -2.48. The van der Waals surface area contributed by atoms with E-state index in [-0.39, 0.29) is 0 Å². The summed E-state index contributed by atoms with van der Waals surface area (Å²) in [6.45, 7) is 0. The number of benzene rings is 10. The number of nitrogens with one attached hydrogen (secondary N) is 1. The molecular weight excluding hydrogens is 815 g/mol. The van der Waals surface area contributed by atoms with Crippen LogP contribution in [0.15, 0.2) is 239 Å². The number of nitrogens with zero attached hydrogens (tertiary/aromatic N) is 2. The zero-order chi connectivity index (χ0) is 43.8. The predicted octanol–water partition coefficient (Wildman–Crippen LogP) is 14.3. The third-order valence-corrected chi connectivity index (χ3v) is 15.2. The van der Waals surface area contributed by atoms with Crippen molar-refractivity contribution in [2.24, 2.45) is 9.98 Å². The fourth-order valence-corrected chi connectivity index (χ4v) is 12.7. The first-order chi connectivity index (χ1) is 33.2. The largest absolute Gasteiger partial charge is 0.456 e. The van der Waals surface area contributed by atoms with Crippen LogP contribution < -0.4 is 5.32 Å². The van der Waals surface area contributed by atoms with Crippen molar-refractivity contribution in [2.45, 2.75) is 17.0 Å². The molecule has 0 bridgehead atoms.